The van der Waals surface area contributed by atoms with E-state index in [4.69, 9.17) is 5.73 Å². The molecule has 0 aliphatic carbocycles. The van der Waals surface area contributed by atoms with E-state index in [1.54, 1.807) is 6.92 Å². The number of methoxy groups -OCH3 is 1. The van der Waals surface area contributed by atoms with E-state index < -0.39 is 16.0 Å². The first-order valence-electron chi connectivity index (χ1n) is 6.22. The predicted octanol–water partition coefficient (Wildman–Crippen LogP) is 1.22. The fourth-order valence-electron chi connectivity index (χ4n) is 1.69. The van der Waals surface area contributed by atoms with E-state index in [1.807, 2.05) is 6.92 Å². The van der Waals surface area contributed by atoms with Crippen LogP contribution in [0, 0.1) is 6.92 Å². The summed E-state index contributed by atoms with van der Waals surface area (Å²) >= 11 is 0. The second-order valence-electron chi connectivity index (χ2n) is 4.64. The molecular weight excluding hydrogens is 316 g/mol. The maximum Gasteiger partial charge on any atom is 0.337 e. The molecule has 1 atom stereocenters. The number of carbonyl (C=O) groups excluding carboxylic acids is 1. The summed E-state index contributed by atoms with van der Waals surface area (Å²) in [6.07, 6.45) is 0.554. The molecule has 0 heterocycles. The Morgan fingerprint density at radius 2 is 2.05 bits per heavy atom. The van der Waals surface area contributed by atoms with Crippen LogP contribution in [0.2, 0.25) is 0 Å². The van der Waals surface area contributed by atoms with Gasteiger partial charge in [-0.2, -0.15) is 0 Å². The largest absolute Gasteiger partial charge is 0.465 e. The van der Waals surface area contributed by atoms with Crippen molar-refractivity contribution in [2.24, 2.45) is 5.73 Å². The van der Waals surface area contributed by atoms with Crippen molar-refractivity contribution in [3.8, 4) is 0 Å². The predicted molar refractivity (Wildman–Crippen MR) is 83.2 cm³/mol. The van der Waals surface area contributed by atoms with Gasteiger partial charge in [0.15, 0.2) is 0 Å². The fourth-order valence-corrected chi connectivity index (χ4v) is 2.97. The topological polar surface area (TPSA) is 98.5 Å². The van der Waals surface area contributed by atoms with Crippen LogP contribution < -0.4 is 10.5 Å². The lowest BCUT2D eigenvalue weighted by Gasteiger charge is -2.11. The van der Waals surface area contributed by atoms with Crippen molar-refractivity contribution in [2.75, 3.05) is 13.7 Å². The molecule has 0 saturated heterocycles. The van der Waals surface area contributed by atoms with Crippen LogP contribution in [-0.4, -0.2) is 34.1 Å². The standard InChI is InChI=1S/C13H20N2O4S.ClH/c1-9-8-11(13(16)19-3)4-5-12(9)20(17,18)15-7-6-10(2)14;/h4-5,8,10,15H,6-7,14H2,1-3H3;1H. The Hall–Kier alpha value is -1.15. The fraction of sp³-hybridized carbons (Fsp3) is 0.462. The molecule has 1 unspecified atom stereocenters. The number of esters is 1. The molecule has 0 saturated carbocycles. The third kappa shape index (κ3) is 5.62. The molecule has 0 aromatic heterocycles. The Bertz CT molecular complexity index is 588. The minimum Gasteiger partial charge on any atom is -0.465 e. The van der Waals surface area contributed by atoms with E-state index in [0.29, 0.717) is 17.5 Å². The summed E-state index contributed by atoms with van der Waals surface area (Å²) in [6.45, 7) is 3.72. The van der Waals surface area contributed by atoms with Crippen molar-refractivity contribution in [1.82, 2.24) is 4.72 Å². The lowest BCUT2D eigenvalue weighted by molar-refractivity contribution is 0.0600. The molecule has 0 radical (unpaired) electrons. The molecule has 1 aromatic carbocycles. The third-order valence-corrected chi connectivity index (χ3v) is 4.40. The summed E-state index contributed by atoms with van der Waals surface area (Å²) in [5.74, 6) is -0.498. The summed E-state index contributed by atoms with van der Waals surface area (Å²) in [4.78, 5) is 11.5. The minimum absolute atomic E-state index is 0. The van der Waals surface area contributed by atoms with Crippen molar-refractivity contribution in [3.05, 3.63) is 29.3 Å². The SMILES string of the molecule is COC(=O)c1ccc(S(=O)(=O)NCCC(C)N)c(C)c1.Cl. The van der Waals surface area contributed by atoms with Crippen LogP contribution in [-0.2, 0) is 14.8 Å². The van der Waals surface area contributed by atoms with E-state index in [9.17, 15) is 13.2 Å². The quantitative estimate of drug-likeness (QED) is 0.761. The van der Waals surface area contributed by atoms with Gasteiger partial charge in [0.05, 0.1) is 17.6 Å². The zero-order valence-corrected chi connectivity index (χ0v) is 13.9. The van der Waals surface area contributed by atoms with Gasteiger partial charge in [-0.05, 0) is 44.0 Å². The number of halogens is 1. The average Bonchev–Trinajstić information content (AvgIpc) is 2.36. The second-order valence-corrected chi connectivity index (χ2v) is 6.37. The number of hydrogen-bond donors (Lipinski definition) is 2. The van der Waals surface area contributed by atoms with Crippen LogP contribution in [0.25, 0.3) is 0 Å². The number of sulfonamides is 1. The molecule has 8 heteroatoms. The first kappa shape index (κ1) is 19.9. The molecule has 0 bridgehead atoms. The van der Waals surface area contributed by atoms with Crippen molar-refractivity contribution >= 4 is 28.4 Å². The van der Waals surface area contributed by atoms with Gasteiger partial charge in [0.1, 0.15) is 0 Å². The number of benzene rings is 1. The van der Waals surface area contributed by atoms with Gasteiger partial charge in [-0.25, -0.2) is 17.9 Å². The van der Waals surface area contributed by atoms with Crippen molar-refractivity contribution in [3.63, 3.8) is 0 Å². The number of ether oxygens (including phenoxy) is 1. The third-order valence-electron chi connectivity index (χ3n) is 2.78. The molecule has 0 spiro atoms. The van der Waals surface area contributed by atoms with Gasteiger partial charge < -0.3 is 10.5 Å². The molecule has 0 aliphatic heterocycles. The smallest absolute Gasteiger partial charge is 0.337 e. The average molecular weight is 337 g/mol. The number of hydrogen-bond acceptors (Lipinski definition) is 5. The van der Waals surface area contributed by atoms with Gasteiger partial charge in [-0.1, -0.05) is 0 Å². The minimum atomic E-state index is -3.59. The van der Waals surface area contributed by atoms with Crippen molar-refractivity contribution < 1.29 is 17.9 Å². The summed E-state index contributed by atoms with van der Waals surface area (Å²) in [7, 11) is -2.32. The van der Waals surface area contributed by atoms with Crippen molar-refractivity contribution in [1.29, 1.82) is 0 Å². The van der Waals surface area contributed by atoms with Gasteiger partial charge in [-0.15, -0.1) is 12.4 Å². The molecule has 0 amide bonds. The Morgan fingerprint density at radius 1 is 1.43 bits per heavy atom. The summed E-state index contributed by atoms with van der Waals surface area (Å²) in [5, 5.41) is 0. The van der Waals surface area contributed by atoms with E-state index in [-0.39, 0.29) is 29.9 Å². The number of nitrogens with two attached hydrogens (primary N) is 1. The zero-order valence-electron chi connectivity index (χ0n) is 12.3. The molecule has 6 nitrogen and oxygen atoms in total. The lowest BCUT2D eigenvalue weighted by atomic mass is 10.1. The first-order valence-corrected chi connectivity index (χ1v) is 7.70. The molecule has 3 N–H and O–H groups in total. The number of rotatable bonds is 6. The summed E-state index contributed by atoms with van der Waals surface area (Å²) < 4.78 is 31.3. The Morgan fingerprint density at radius 3 is 2.52 bits per heavy atom. The van der Waals surface area contributed by atoms with Gasteiger partial charge in [0.25, 0.3) is 0 Å². The monoisotopic (exact) mass is 336 g/mol. The molecule has 1 aromatic rings. The van der Waals surface area contributed by atoms with Gasteiger partial charge in [0.2, 0.25) is 10.0 Å². The lowest BCUT2D eigenvalue weighted by Crippen LogP contribution is -2.29. The highest BCUT2D eigenvalue weighted by Crippen LogP contribution is 2.17. The van der Waals surface area contributed by atoms with Crippen LogP contribution in [0.1, 0.15) is 29.3 Å². The number of carbonyl (C=O) groups is 1. The zero-order chi connectivity index (χ0) is 15.3. The van der Waals surface area contributed by atoms with Crippen LogP contribution in [0.3, 0.4) is 0 Å². The summed E-state index contributed by atoms with van der Waals surface area (Å²) in [5.41, 5.74) is 6.38. The van der Waals surface area contributed by atoms with Gasteiger partial charge in [0, 0.05) is 12.6 Å². The maximum absolute atomic E-state index is 12.1. The first-order chi connectivity index (χ1) is 9.27. The van der Waals surface area contributed by atoms with E-state index in [2.05, 4.69) is 9.46 Å². The highest BCUT2D eigenvalue weighted by molar-refractivity contribution is 7.89. The molecule has 120 valence electrons. The Labute approximate surface area is 131 Å². The Kier molecular flexibility index (Phi) is 7.87. The molecule has 1 rings (SSSR count). The number of nitrogens with one attached hydrogen (secondary N) is 1. The highest BCUT2D eigenvalue weighted by Gasteiger charge is 2.18. The van der Waals surface area contributed by atoms with Crippen LogP contribution >= 0.6 is 12.4 Å². The Balaban J connectivity index is 0.00000400. The van der Waals surface area contributed by atoms with Gasteiger partial charge in [-0.3, -0.25) is 0 Å². The van der Waals surface area contributed by atoms with E-state index >= 15 is 0 Å². The molecule has 21 heavy (non-hydrogen) atoms. The normalized spacial score (nSPS) is 12.4. The van der Waals surface area contributed by atoms with Crippen LogP contribution in [0.4, 0.5) is 0 Å². The highest BCUT2D eigenvalue weighted by atomic mass is 35.5. The molecular formula is C13H21ClN2O4S. The summed E-state index contributed by atoms with van der Waals surface area (Å²) in [6, 6.07) is 4.25. The van der Waals surface area contributed by atoms with E-state index in [1.165, 1.54) is 25.3 Å². The van der Waals surface area contributed by atoms with Crippen molar-refractivity contribution in [2.45, 2.75) is 31.2 Å². The van der Waals surface area contributed by atoms with E-state index in [0.717, 1.165) is 0 Å². The number of aryl methyl sites for hydroxylation is 1. The van der Waals surface area contributed by atoms with Crippen LogP contribution in [0.5, 0.6) is 0 Å². The maximum atomic E-state index is 12.1. The van der Waals surface area contributed by atoms with Crippen LogP contribution in [0.15, 0.2) is 23.1 Å². The molecule has 0 aliphatic rings. The molecule has 0 fully saturated rings. The van der Waals surface area contributed by atoms with Gasteiger partial charge >= 0.3 is 5.97 Å². The second kappa shape index (κ2) is 8.33.